The molecule has 26 heavy (non-hydrogen) atoms. The van der Waals surface area contributed by atoms with Crippen LogP contribution in [0, 0.1) is 0 Å². The molecule has 1 aromatic carbocycles. The van der Waals surface area contributed by atoms with Crippen molar-refractivity contribution in [3.8, 4) is 10.4 Å². The number of nitrogens with zero attached hydrogens (tertiary/aromatic N) is 2. The lowest BCUT2D eigenvalue weighted by atomic mass is 9.91. The van der Waals surface area contributed by atoms with Gasteiger partial charge >= 0.3 is 6.03 Å². The fourth-order valence-corrected chi connectivity index (χ4v) is 4.95. The summed E-state index contributed by atoms with van der Waals surface area (Å²) in [7, 11) is 0. The first-order valence-electron chi connectivity index (χ1n) is 9.20. The lowest BCUT2D eigenvalue weighted by molar-refractivity contribution is 0.0670. The van der Waals surface area contributed by atoms with Crippen LogP contribution in [0.1, 0.15) is 27.7 Å². The molecule has 5 nitrogen and oxygen atoms in total. The van der Waals surface area contributed by atoms with Gasteiger partial charge in [0.25, 0.3) is 5.91 Å². The van der Waals surface area contributed by atoms with Crippen LogP contribution in [0.4, 0.5) is 4.79 Å². The van der Waals surface area contributed by atoms with Gasteiger partial charge in [-0.05, 0) is 42.5 Å². The molecule has 1 fully saturated rings. The molecule has 0 radical (unpaired) electrons. The number of piperazine rings is 1. The van der Waals surface area contributed by atoms with Crippen LogP contribution in [0.15, 0.2) is 30.3 Å². The molecule has 3 amide bonds. The molecule has 1 saturated heterocycles. The third-order valence-corrected chi connectivity index (χ3v) is 6.33. The molecule has 2 aliphatic rings. The van der Waals surface area contributed by atoms with Crippen molar-refractivity contribution in [1.82, 2.24) is 15.1 Å². The summed E-state index contributed by atoms with van der Waals surface area (Å²) in [5.74, 6) is 0.0948. The van der Waals surface area contributed by atoms with Gasteiger partial charge in [-0.25, -0.2) is 4.79 Å². The molecule has 1 aliphatic heterocycles. The van der Waals surface area contributed by atoms with Crippen molar-refractivity contribution in [2.75, 3.05) is 32.7 Å². The number of nitrogens with one attached hydrogen (secondary N) is 1. The summed E-state index contributed by atoms with van der Waals surface area (Å²) in [5, 5.41) is 2.82. The number of rotatable bonds is 2. The first kappa shape index (κ1) is 17.1. The van der Waals surface area contributed by atoms with Crippen LogP contribution in [0.5, 0.6) is 0 Å². The molecule has 0 atom stereocenters. The number of carbonyl (C=O) groups excluding carboxylic acids is 2. The molecule has 1 aromatic heterocycles. The van der Waals surface area contributed by atoms with Gasteiger partial charge in [-0.1, -0.05) is 24.3 Å². The lowest BCUT2D eigenvalue weighted by Crippen LogP contribution is -2.53. The van der Waals surface area contributed by atoms with E-state index in [4.69, 9.17) is 0 Å². The minimum Gasteiger partial charge on any atom is -0.338 e. The Morgan fingerprint density at radius 3 is 2.50 bits per heavy atom. The number of carbonyl (C=O) groups is 2. The van der Waals surface area contributed by atoms with Gasteiger partial charge in [0.1, 0.15) is 0 Å². The number of amides is 3. The summed E-state index contributed by atoms with van der Waals surface area (Å²) in [6, 6.07) is 10.5. The lowest BCUT2D eigenvalue weighted by Gasteiger charge is -2.34. The number of hydrogen-bond donors (Lipinski definition) is 1. The molecule has 2 aromatic rings. The molecule has 0 bridgehead atoms. The van der Waals surface area contributed by atoms with Crippen LogP contribution in [0.2, 0.25) is 0 Å². The summed E-state index contributed by atoms with van der Waals surface area (Å²) in [6.07, 6.45) is 2.04. The molecular weight excluding hydrogens is 346 g/mol. The molecule has 4 rings (SSSR count). The average Bonchev–Trinajstić information content (AvgIpc) is 3.12. The Morgan fingerprint density at radius 2 is 1.73 bits per heavy atom. The van der Waals surface area contributed by atoms with E-state index < -0.39 is 0 Å². The van der Waals surface area contributed by atoms with Crippen LogP contribution >= 0.6 is 11.3 Å². The summed E-state index contributed by atoms with van der Waals surface area (Å²) < 4.78 is 0. The minimum atomic E-state index is -0.0391. The molecule has 2 heterocycles. The van der Waals surface area contributed by atoms with Crippen LogP contribution in [0.25, 0.3) is 10.4 Å². The van der Waals surface area contributed by atoms with Gasteiger partial charge in [0, 0.05) is 37.6 Å². The highest BCUT2D eigenvalue weighted by Crippen LogP contribution is 2.39. The van der Waals surface area contributed by atoms with Crippen molar-refractivity contribution < 1.29 is 9.59 Å². The van der Waals surface area contributed by atoms with Crippen molar-refractivity contribution >= 4 is 23.3 Å². The standard InChI is InChI=1S/C20H23N3O2S/c1-2-21-20(25)23-11-9-22(10-12-23)19(24)17-13-15-8-7-14-5-3-4-6-16(14)18(15)26-17/h3-6,13H,2,7-12H2,1H3,(H,21,25). The number of hydrogen-bond acceptors (Lipinski definition) is 3. The predicted octanol–water partition coefficient (Wildman–Crippen LogP) is 3.00. The Bertz CT molecular complexity index is 837. The molecule has 6 heteroatoms. The first-order valence-corrected chi connectivity index (χ1v) is 10.0. The van der Waals surface area contributed by atoms with Crippen LogP contribution < -0.4 is 5.32 Å². The van der Waals surface area contributed by atoms with Crippen LogP contribution in [0.3, 0.4) is 0 Å². The second kappa shape index (κ2) is 7.11. The fraction of sp³-hybridized carbons (Fsp3) is 0.400. The Kier molecular flexibility index (Phi) is 4.68. The van der Waals surface area contributed by atoms with E-state index in [2.05, 4.69) is 35.6 Å². The zero-order valence-electron chi connectivity index (χ0n) is 15.0. The Balaban J connectivity index is 1.48. The first-order chi connectivity index (χ1) is 12.7. The summed E-state index contributed by atoms with van der Waals surface area (Å²) in [5.41, 5.74) is 3.94. The highest BCUT2D eigenvalue weighted by atomic mass is 32.1. The van der Waals surface area contributed by atoms with Crippen molar-refractivity contribution in [3.05, 3.63) is 46.3 Å². The van der Waals surface area contributed by atoms with Gasteiger partial charge in [-0.2, -0.15) is 0 Å². The molecule has 0 saturated carbocycles. The quantitative estimate of drug-likeness (QED) is 0.885. The highest BCUT2D eigenvalue weighted by Gasteiger charge is 2.27. The van der Waals surface area contributed by atoms with E-state index >= 15 is 0 Å². The van der Waals surface area contributed by atoms with Crippen molar-refractivity contribution in [3.63, 3.8) is 0 Å². The van der Waals surface area contributed by atoms with Gasteiger partial charge in [-0.3, -0.25) is 4.79 Å². The second-order valence-electron chi connectivity index (χ2n) is 6.74. The normalized spacial score (nSPS) is 16.0. The van der Waals surface area contributed by atoms with E-state index in [-0.39, 0.29) is 11.9 Å². The smallest absolute Gasteiger partial charge is 0.317 e. The van der Waals surface area contributed by atoms with Crippen molar-refractivity contribution in [2.45, 2.75) is 19.8 Å². The molecular formula is C20H23N3O2S. The number of fused-ring (bicyclic) bond motifs is 3. The SMILES string of the molecule is CCNC(=O)N1CCN(C(=O)c2cc3c(s2)-c2ccccc2CC3)CC1. The predicted molar refractivity (Wildman–Crippen MR) is 104 cm³/mol. The van der Waals surface area contributed by atoms with E-state index in [1.165, 1.54) is 21.6 Å². The topological polar surface area (TPSA) is 52.7 Å². The number of benzene rings is 1. The van der Waals surface area contributed by atoms with Crippen molar-refractivity contribution in [1.29, 1.82) is 0 Å². The van der Waals surface area contributed by atoms with Gasteiger partial charge in [0.05, 0.1) is 4.88 Å². The largest absolute Gasteiger partial charge is 0.338 e. The van der Waals surface area contributed by atoms with E-state index in [0.29, 0.717) is 32.7 Å². The zero-order chi connectivity index (χ0) is 18.1. The van der Waals surface area contributed by atoms with Gasteiger partial charge in [0.15, 0.2) is 0 Å². The summed E-state index contributed by atoms with van der Waals surface area (Å²) in [4.78, 5) is 30.6. The Hall–Kier alpha value is -2.34. The van der Waals surface area contributed by atoms with E-state index in [1.807, 2.05) is 11.8 Å². The number of thiophene rings is 1. The van der Waals surface area contributed by atoms with Gasteiger partial charge in [0.2, 0.25) is 0 Å². The van der Waals surface area contributed by atoms with Gasteiger partial charge < -0.3 is 15.1 Å². The average molecular weight is 369 g/mol. The summed E-state index contributed by atoms with van der Waals surface area (Å²) in [6.45, 7) is 4.90. The van der Waals surface area contributed by atoms with Crippen LogP contribution in [-0.2, 0) is 12.8 Å². The molecule has 1 N–H and O–H groups in total. The van der Waals surface area contributed by atoms with E-state index in [1.54, 1.807) is 16.2 Å². The molecule has 136 valence electrons. The van der Waals surface area contributed by atoms with Crippen LogP contribution in [-0.4, -0.2) is 54.5 Å². The maximum absolute atomic E-state index is 12.9. The number of aryl methyl sites for hydroxylation is 2. The maximum Gasteiger partial charge on any atom is 0.317 e. The third-order valence-electron chi connectivity index (χ3n) is 5.13. The molecule has 0 spiro atoms. The monoisotopic (exact) mass is 369 g/mol. The maximum atomic E-state index is 12.9. The van der Waals surface area contributed by atoms with E-state index in [0.717, 1.165) is 17.7 Å². The zero-order valence-corrected chi connectivity index (χ0v) is 15.8. The summed E-state index contributed by atoms with van der Waals surface area (Å²) >= 11 is 1.61. The fourth-order valence-electron chi connectivity index (χ4n) is 3.71. The highest BCUT2D eigenvalue weighted by molar-refractivity contribution is 7.17. The molecule has 1 aliphatic carbocycles. The third kappa shape index (κ3) is 3.09. The molecule has 0 unspecified atom stereocenters. The Morgan fingerprint density at radius 1 is 1.04 bits per heavy atom. The second-order valence-corrected chi connectivity index (χ2v) is 7.79. The number of urea groups is 1. The van der Waals surface area contributed by atoms with E-state index in [9.17, 15) is 9.59 Å². The van der Waals surface area contributed by atoms with Crippen molar-refractivity contribution in [2.24, 2.45) is 0 Å². The van der Waals surface area contributed by atoms with Gasteiger partial charge in [-0.15, -0.1) is 11.3 Å². The Labute approximate surface area is 157 Å². The minimum absolute atomic E-state index is 0.0391.